The lowest BCUT2D eigenvalue weighted by Crippen LogP contribution is -1.94. The molecule has 4 heterocycles. The molecule has 5 aromatic carbocycles. The number of aromatic nitrogens is 4. The van der Waals surface area contributed by atoms with Crippen LogP contribution in [-0.2, 0) is 0 Å². The molecule has 0 aliphatic carbocycles. The van der Waals surface area contributed by atoms with E-state index in [0.29, 0.717) is 0 Å². The summed E-state index contributed by atoms with van der Waals surface area (Å²) in [6, 6.07) is 59.0. The van der Waals surface area contributed by atoms with E-state index in [4.69, 9.17) is 9.97 Å². The SMILES string of the molecule is c1ccc(-c2nc3c(-c4ccc(-c5cc(-c6ccccn6)nc(-c6ccccn6)c5)cc4)cccc3c3c(-c4ccccc4)cccc23)cc1. The van der Waals surface area contributed by atoms with Gasteiger partial charge in [-0.3, -0.25) is 9.97 Å². The number of para-hydroxylation sites is 1. The lowest BCUT2D eigenvalue weighted by atomic mass is 9.91. The van der Waals surface area contributed by atoms with Crippen molar-refractivity contribution in [1.82, 2.24) is 19.9 Å². The molecule has 0 fully saturated rings. The van der Waals surface area contributed by atoms with E-state index in [2.05, 4.69) is 143 Å². The van der Waals surface area contributed by atoms with Gasteiger partial charge in [0.1, 0.15) is 0 Å². The van der Waals surface area contributed by atoms with Crippen LogP contribution in [0.2, 0.25) is 0 Å². The van der Waals surface area contributed by atoms with Crippen molar-refractivity contribution in [1.29, 1.82) is 0 Å². The molecule has 0 radical (unpaired) electrons. The molecule has 9 aromatic rings. The smallest absolute Gasteiger partial charge is 0.0900 e. The molecule has 0 atom stereocenters. The fourth-order valence-electron chi connectivity index (χ4n) is 6.82. The predicted molar refractivity (Wildman–Crippen MR) is 205 cm³/mol. The van der Waals surface area contributed by atoms with Crippen LogP contribution < -0.4 is 0 Å². The highest BCUT2D eigenvalue weighted by Crippen LogP contribution is 2.41. The zero-order chi connectivity index (χ0) is 33.3. The van der Waals surface area contributed by atoms with Gasteiger partial charge in [0, 0.05) is 39.7 Å². The minimum Gasteiger partial charge on any atom is -0.255 e. The zero-order valence-corrected chi connectivity index (χ0v) is 27.1. The molecule has 0 amide bonds. The molecule has 0 saturated heterocycles. The lowest BCUT2D eigenvalue weighted by molar-refractivity contribution is 1.22. The van der Waals surface area contributed by atoms with Crippen LogP contribution in [0.1, 0.15) is 0 Å². The predicted octanol–water partition coefficient (Wildman–Crippen LogP) is 11.6. The van der Waals surface area contributed by atoms with Crippen molar-refractivity contribution in [2.45, 2.75) is 0 Å². The van der Waals surface area contributed by atoms with Gasteiger partial charge in [-0.05, 0) is 64.2 Å². The van der Waals surface area contributed by atoms with Crippen LogP contribution >= 0.6 is 0 Å². The summed E-state index contributed by atoms with van der Waals surface area (Å²) in [6.07, 6.45) is 3.60. The largest absolute Gasteiger partial charge is 0.255 e. The molecular formula is C46H30N4. The standard InChI is InChI=1S/C46H30N4/c1-3-13-32(14-4-1)36-17-11-19-38-44(36)39-20-12-18-37(46(39)50-45(38)34-15-5-2-6-16-34)33-25-23-31(24-26-33)35-29-42(40-21-7-9-27-47-40)49-43(30-35)41-22-8-10-28-48-41/h1-30H. The first-order valence-electron chi connectivity index (χ1n) is 16.7. The summed E-state index contributed by atoms with van der Waals surface area (Å²) in [5.74, 6) is 0. The van der Waals surface area contributed by atoms with Gasteiger partial charge in [0.25, 0.3) is 0 Å². The molecule has 0 spiro atoms. The van der Waals surface area contributed by atoms with E-state index in [1.807, 2.05) is 36.4 Å². The van der Waals surface area contributed by atoms with E-state index < -0.39 is 0 Å². The quantitative estimate of drug-likeness (QED) is 0.170. The van der Waals surface area contributed by atoms with Crippen molar-refractivity contribution in [3.8, 4) is 67.4 Å². The number of pyridine rings is 4. The van der Waals surface area contributed by atoms with Crippen LogP contribution in [0.4, 0.5) is 0 Å². The Balaban J connectivity index is 1.21. The molecule has 0 aliphatic rings. The second-order valence-electron chi connectivity index (χ2n) is 12.3. The first kappa shape index (κ1) is 29.4. The van der Waals surface area contributed by atoms with Crippen LogP contribution in [0, 0.1) is 0 Å². The molecular weight excluding hydrogens is 609 g/mol. The van der Waals surface area contributed by atoms with E-state index in [-0.39, 0.29) is 0 Å². The van der Waals surface area contributed by atoms with Gasteiger partial charge in [-0.25, -0.2) is 9.97 Å². The Labute approximate surface area is 290 Å². The summed E-state index contributed by atoms with van der Waals surface area (Å²) >= 11 is 0. The first-order chi connectivity index (χ1) is 24.8. The fourth-order valence-corrected chi connectivity index (χ4v) is 6.82. The maximum atomic E-state index is 5.43. The third-order valence-electron chi connectivity index (χ3n) is 9.19. The number of nitrogens with zero attached hydrogens (tertiary/aromatic N) is 4. The minimum atomic E-state index is 0.806. The molecule has 0 saturated carbocycles. The van der Waals surface area contributed by atoms with E-state index in [9.17, 15) is 0 Å². The van der Waals surface area contributed by atoms with Crippen LogP contribution in [0.15, 0.2) is 182 Å². The van der Waals surface area contributed by atoms with Gasteiger partial charge in [0.2, 0.25) is 0 Å². The van der Waals surface area contributed by atoms with E-state index >= 15 is 0 Å². The van der Waals surface area contributed by atoms with Gasteiger partial charge >= 0.3 is 0 Å². The van der Waals surface area contributed by atoms with E-state index in [1.54, 1.807) is 12.4 Å². The summed E-state index contributed by atoms with van der Waals surface area (Å²) in [6.45, 7) is 0. The molecule has 0 aliphatic heterocycles. The van der Waals surface area contributed by atoms with Gasteiger partial charge in [0.05, 0.1) is 34.0 Å². The summed E-state index contributed by atoms with van der Waals surface area (Å²) in [7, 11) is 0. The monoisotopic (exact) mass is 638 g/mol. The van der Waals surface area contributed by atoms with Crippen molar-refractivity contribution in [3.63, 3.8) is 0 Å². The zero-order valence-electron chi connectivity index (χ0n) is 27.1. The number of benzene rings is 5. The van der Waals surface area contributed by atoms with E-state index in [1.165, 1.54) is 16.5 Å². The van der Waals surface area contributed by atoms with Gasteiger partial charge in [0.15, 0.2) is 0 Å². The average Bonchev–Trinajstić information content (AvgIpc) is 3.21. The summed E-state index contributed by atoms with van der Waals surface area (Å²) in [5.41, 5.74) is 13.0. The van der Waals surface area contributed by atoms with Crippen LogP contribution in [0.25, 0.3) is 89.1 Å². The maximum absolute atomic E-state index is 5.43. The lowest BCUT2D eigenvalue weighted by Gasteiger charge is -2.16. The second-order valence-corrected chi connectivity index (χ2v) is 12.3. The molecule has 4 nitrogen and oxygen atoms in total. The van der Waals surface area contributed by atoms with E-state index in [0.717, 1.165) is 72.6 Å². The number of rotatable bonds is 6. The maximum Gasteiger partial charge on any atom is 0.0900 e. The van der Waals surface area contributed by atoms with Crippen molar-refractivity contribution >= 4 is 21.7 Å². The van der Waals surface area contributed by atoms with Crippen molar-refractivity contribution in [2.75, 3.05) is 0 Å². The number of hydrogen-bond donors (Lipinski definition) is 0. The molecule has 50 heavy (non-hydrogen) atoms. The van der Waals surface area contributed by atoms with Gasteiger partial charge in [-0.15, -0.1) is 0 Å². The molecule has 0 unspecified atom stereocenters. The third kappa shape index (κ3) is 5.39. The van der Waals surface area contributed by atoms with Gasteiger partial charge in [-0.1, -0.05) is 133 Å². The Morgan fingerprint density at radius 2 is 0.860 bits per heavy atom. The Kier molecular flexibility index (Phi) is 7.45. The topological polar surface area (TPSA) is 51.6 Å². The molecule has 0 N–H and O–H groups in total. The highest BCUT2D eigenvalue weighted by Gasteiger charge is 2.17. The molecule has 234 valence electrons. The Hall–Kier alpha value is -6.78. The number of hydrogen-bond acceptors (Lipinski definition) is 4. The van der Waals surface area contributed by atoms with Gasteiger partial charge < -0.3 is 0 Å². The Morgan fingerprint density at radius 3 is 1.48 bits per heavy atom. The summed E-state index contributed by atoms with van der Waals surface area (Å²) in [5, 5.41) is 3.49. The summed E-state index contributed by atoms with van der Waals surface area (Å²) in [4.78, 5) is 19.6. The average molecular weight is 639 g/mol. The first-order valence-corrected chi connectivity index (χ1v) is 16.7. The number of fused-ring (bicyclic) bond motifs is 3. The highest BCUT2D eigenvalue weighted by molar-refractivity contribution is 6.19. The molecule has 0 bridgehead atoms. The minimum absolute atomic E-state index is 0.806. The molecule has 4 aromatic heterocycles. The molecule has 9 rings (SSSR count). The normalized spacial score (nSPS) is 11.2. The summed E-state index contributed by atoms with van der Waals surface area (Å²) < 4.78 is 0. The highest BCUT2D eigenvalue weighted by atomic mass is 14.8. The molecule has 4 heteroatoms. The van der Waals surface area contributed by atoms with Gasteiger partial charge in [-0.2, -0.15) is 0 Å². The van der Waals surface area contributed by atoms with Crippen molar-refractivity contribution < 1.29 is 0 Å². The van der Waals surface area contributed by atoms with Crippen LogP contribution in [0.3, 0.4) is 0 Å². The van der Waals surface area contributed by atoms with Crippen LogP contribution in [0.5, 0.6) is 0 Å². The third-order valence-corrected chi connectivity index (χ3v) is 9.19. The van der Waals surface area contributed by atoms with Crippen LogP contribution in [-0.4, -0.2) is 19.9 Å². The second kappa shape index (κ2) is 12.7. The van der Waals surface area contributed by atoms with Crippen molar-refractivity contribution in [2.24, 2.45) is 0 Å². The Morgan fingerprint density at radius 1 is 0.320 bits per heavy atom. The van der Waals surface area contributed by atoms with Crippen molar-refractivity contribution in [3.05, 3.63) is 182 Å². The fraction of sp³-hybridized carbons (Fsp3) is 0. The Bertz CT molecular complexity index is 2550.